The van der Waals surface area contributed by atoms with E-state index in [4.69, 9.17) is 21.1 Å². The van der Waals surface area contributed by atoms with Crippen LogP contribution in [-0.2, 0) is 27.6 Å². The van der Waals surface area contributed by atoms with Gasteiger partial charge in [-0.25, -0.2) is 9.00 Å². The molecule has 2 heterocycles. The highest BCUT2D eigenvalue weighted by molar-refractivity contribution is 7.92. The summed E-state index contributed by atoms with van der Waals surface area (Å²) >= 11 is 6.43. The lowest BCUT2D eigenvalue weighted by Gasteiger charge is -2.43. The molecule has 0 unspecified atom stereocenters. The number of aryl methyl sites for hydroxylation is 1. The van der Waals surface area contributed by atoms with E-state index in [2.05, 4.69) is 37.5 Å². The molecule has 0 saturated heterocycles. The van der Waals surface area contributed by atoms with Gasteiger partial charge < -0.3 is 19.7 Å². The van der Waals surface area contributed by atoms with Crippen molar-refractivity contribution in [2.75, 3.05) is 30.9 Å². The number of fused-ring (bicyclic) bond motifs is 3. The summed E-state index contributed by atoms with van der Waals surface area (Å²) in [5, 5.41) is 3.41. The monoisotopic (exact) mass is 656 g/mol. The zero-order valence-electron chi connectivity index (χ0n) is 26.4. The number of ether oxygens (including phenoxy) is 2. The van der Waals surface area contributed by atoms with Crippen LogP contribution in [0.3, 0.4) is 0 Å². The second kappa shape index (κ2) is 15.0. The molecule has 3 amide bonds. The van der Waals surface area contributed by atoms with Gasteiger partial charge in [-0.1, -0.05) is 29.8 Å². The van der Waals surface area contributed by atoms with Crippen molar-refractivity contribution >= 4 is 39.1 Å². The van der Waals surface area contributed by atoms with Crippen LogP contribution < -0.4 is 19.7 Å². The molecule has 2 bridgehead atoms. The first-order chi connectivity index (χ1) is 21.6. The number of nitrogens with zero attached hydrogens (tertiary/aromatic N) is 2. The van der Waals surface area contributed by atoms with Crippen LogP contribution in [0.1, 0.15) is 73.9 Å². The van der Waals surface area contributed by atoms with Crippen molar-refractivity contribution in [3.8, 4) is 5.75 Å². The van der Waals surface area contributed by atoms with Gasteiger partial charge in [-0.05, 0) is 112 Å². The van der Waals surface area contributed by atoms with Crippen LogP contribution >= 0.6 is 11.6 Å². The number of hydrogen-bond donors (Lipinski definition) is 2. The van der Waals surface area contributed by atoms with E-state index >= 15 is 0 Å². The predicted octanol–water partition coefficient (Wildman–Crippen LogP) is 6.68. The number of amides is 3. The summed E-state index contributed by atoms with van der Waals surface area (Å²) in [4.78, 5) is 28.6. The maximum Gasteiger partial charge on any atom is 0.327 e. The van der Waals surface area contributed by atoms with Crippen molar-refractivity contribution < 1.29 is 23.3 Å². The van der Waals surface area contributed by atoms with Crippen LogP contribution in [0.2, 0.25) is 5.02 Å². The molecular formula is C34H45ClN4O5S. The Hall–Kier alpha value is -3.08. The van der Waals surface area contributed by atoms with Crippen LogP contribution in [0.5, 0.6) is 5.75 Å². The molecule has 0 radical (unpaired) electrons. The molecule has 3 aliphatic rings. The van der Waals surface area contributed by atoms with E-state index in [1.54, 1.807) is 19.2 Å². The lowest BCUT2D eigenvalue weighted by Crippen LogP contribution is -2.43. The summed E-state index contributed by atoms with van der Waals surface area (Å²) in [6, 6.07) is 10.6. The second-order valence-electron chi connectivity index (χ2n) is 12.5. The standard InChI is InChI=1S/C34H45ClN4O5S/c1-23(2)36-34(41)38-45(42)18-8-4-5-10-31(43-3)29-15-12-27(29)22-39-21-26-11-14-28(35)19-24(26)9-6-7-17-44-32-16-13-25(20-30(32)39)33(40)37-45/h5,10-11,13-14,16,19-20,23,27,29,31H,4,6-9,12,15,17-18,21-22H2,1-3H3,(H2,36,37,38,40,41,42)/b10-5+/t27-,29+,31-,45-/m0/s1. The first-order valence-corrected chi connectivity index (χ1v) is 18.1. The number of hydrogen-bond acceptors (Lipinski definition) is 6. The quantitative estimate of drug-likeness (QED) is 0.357. The van der Waals surface area contributed by atoms with Gasteiger partial charge in [0.1, 0.15) is 15.7 Å². The molecule has 9 nitrogen and oxygen atoms in total. The Morgan fingerprint density at radius 2 is 1.98 bits per heavy atom. The molecule has 5 rings (SSSR count). The van der Waals surface area contributed by atoms with E-state index in [1.807, 2.05) is 32.1 Å². The minimum atomic E-state index is -3.40. The number of carbonyl (C=O) groups excluding carboxylic acids is 2. The van der Waals surface area contributed by atoms with E-state index in [0.717, 1.165) is 49.4 Å². The molecule has 2 aromatic rings. The summed E-state index contributed by atoms with van der Waals surface area (Å²) in [5.41, 5.74) is 3.48. The van der Waals surface area contributed by atoms with Gasteiger partial charge in [0.15, 0.2) is 0 Å². The van der Waals surface area contributed by atoms with Gasteiger partial charge in [0.05, 0.1) is 24.2 Å². The molecule has 2 aliphatic heterocycles. The number of benzene rings is 2. The fraction of sp³-hybridized carbons (Fsp3) is 0.529. The van der Waals surface area contributed by atoms with Crippen molar-refractivity contribution in [2.24, 2.45) is 16.2 Å². The van der Waals surface area contributed by atoms with Gasteiger partial charge >= 0.3 is 6.03 Å². The highest BCUT2D eigenvalue weighted by Gasteiger charge is 2.38. The summed E-state index contributed by atoms with van der Waals surface area (Å²) in [6.07, 6.45) is 10.1. The molecule has 45 heavy (non-hydrogen) atoms. The average molecular weight is 657 g/mol. The van der Waals surface area contributed by atoms with Gasteiger partial charge in [0.2, 0.25) is 0 Å². The van der Waals surface area contributed by atoms with E-state index in [9.17, 15) is 13.8 Å². The van der Waals surface area contributed by atoms with Crippen LogP contribution in [-0.4, -0.2) is 54.3 Å². The second-order valence-corrected chi connectivity index (χ2v) is 15.0. The summed E-state index contributed by atoms with van der Waals surface area (Å²) < 4.78 is 32.9. The SMILES string of the molecule is CO[C@H]1/C=C/CCC[S@@](=O)(NC(=O)NC(C)C)=NC(=O)c2ccc3c(c2)N(Cc2ccc(Cl)cc2CCCCO3)C[C@@H]2CC[C@H]21. The van der Waals surface area contributed by atoms with Crippen molar-refractivity contribution in [1.82, 2.24) is 10.0 Å². The number of nitrogens with one attached hydrogen (secondary N) is 2. The molecule has 4 atom stereocenters. The van der Waals surface area contributed by atoms with Crippen LogP contribution in [0.4, 0.5) is 10.5 Å². The van der Waals surface area contributed by atoms with E-state index in [0.29, 0.717) is 49.1 Å². The molecule has 0 aromatic heterocycles. The Balaban J connectivity index is 1.60. The summed E-state index contributed by atoms with van der Waals surface area (Å²) in [7, 11) is -1.65. The topological polar surface area (TPSA) is 109 Å². The maximum atomic E-state index is 14.0. The number of carbonyl (C=O) groups is 2. The number of allylic oxidation sites excluding steroid dienone is 1. The lowest BCUT2D eigenvalue weighted by atomic mass is 9.70. The molecule has 2 aromatic carbocycles. The number of rotatable bonds is 3. The Bertz CT molecular complexity index is 1540. The average Bonchev–Trinajstić information content (AvgIpc) is 3.00. The van der Waals surface area contributed by atoms with Crippen molar-refractivity contribution in [3.63, 3.8) is 0 Å². The Morgan fingerprint density at radius 3 is 2.73 bits per heavy atom. The van der Waals surface area contributed by atoms with Gasteiger partial charge in [-0.15, -0.1) is 4.36 Å². The van der Waals surface area contributed by atoms with Gasteiger partial charge in [0.25, 0.3) is 5.91 Å². The molecule has 244 valence electrons. The fourth-order valence-corrected chi connectivity index (χ4v) is 8.07. The lowest BCUT2D eigenvalue weighted by molar-refractivity contribution is 0.0134. The third-order valence-corrected chi connectivity index (χ3v) is 10.9. The molecule has 11 heteroatoms. The van der Waals surface area contributed by atoms with Gasteiger partial charge in [-0.2, -0.15) is 0 Å². The van der Waals surface area contributed by atoms with Crippen LogP contribution in [0.15, 0.2) is 52.9 Å². The molecular weight excluding hydrogens is 612 g/mol. The predicted molar refractivity (Wildman–Crippen MR) is 179 cm³/mol. The minimum Gasteiger partial charge on any atom is -0.491 e. The Morgan fingerprint density at radius 1 is 1.13 bits per heavy atom. The van der Waals surface area contributed by atoms with Crippen LogP contribution in [0, 0.1) is 11.8 Å². The highest BCUT2D eigenvalue weighted by atomic mass is 35.5. The van der Waals surface area contributed by atoms with Gasteiger partial charge in [0, 0.05) is 36.8 Å². The maximum absolute atomic E-state index is 14.0. The number of methoxy groups -OCH3 is 1. The Kier molecular flexibility index (Phi) is 11.1. The van der Waals surface area contributed by atoms with Crippen molar-refractivity contribution in [2.45, 2.75) is 77.5 Å². The first kappa shape index (κ1) is 33.3. The normalized spacial score (nSPS) is 26.6. The third-order valence-electron chi connectivity index (χ3n) is 8.82. The number of halogens is 1. The molecule has 1 fully saturated rings. The molecule has 1 aliphatic carbocycles. The smallest absolute Gasteiger partial charge is 0.327 e. The van der Waals surface area contributed by atoms with E-state index in [-0.39, 0.29) is 17.9 Å². The van der Waals surface area contributed by atoms with E-state index in [1.165, 1.54) is 11.1 Å². The first-order valence-electron chi connectivity index (χ1n) is 16.0. The molecule has 1 saturated carbocycles. The molecule has 0 spiro atoms. The van der Waals surface area contributed by atoms with Crippen LogP contribution in [0.25, 0.3) is 0 Å². The fourth-order valence-electron chi connectivity index (χ4n) is 6.36. The third kappa shape index (κ3) is 8.60. The molecule has 2 N–H and O–H groups in total. The minimum absolute atomic E-state index is 0.0395. The zero-order chi connectivity index (χ0) is 32.0. The zero-order valence-corrected chi connectivity index (χ0v) is 28.0. The highest BCUT2D eigenvalue weighted by Crippen LogP contribution is 2.42. The van der Waals surface area contributed by atoms with Gasteiger partial charge in [-0.3, -0.25) is 9.52 Å². The largest absolute Gasteiger partial charge is 0.491 e. The van der Waals surface area contributed by atoms with E-state index < -0.39 is 21.9 Å². The number of anilines is 1. The summed E-state index contributed by atoms with van der Waals surface area (Å²) in [5.74, 6) is 0.819. The van der Waals surface area contributed by atoms with Crippen molar-refractivity contribution in [1.29, 1.82) is 0 Å². The van der Waals surface area contributed by atoms with Crippen molar-refractivity contribution in [3.05, 3.63) is 70.3 Å². The summed E-state index contributed by atoms with van der Waals surface area (Å²) in [6.45, 7) is 5.52. The Labute approximate surface area is 272 Å². The number of urea groups is 1.